The van der Waals surface area contributed by atoms with Gasteiger partial charge in [-0.25, -0.2) is 9.69 Å². The molecule has 1 aliphatic heterocycles. The van der Waals surface area contributed by atoms with E-state index in [4.69, 9.17) is 9.47 Å². The molecule has 0 unspecified atom stereocenters. The second-order valence-corrected chi connectivity index (χ2v) is 6.51. The summed E-state index contributed by atoms with van der Waals surface area (Å²) in [7, 11) is 3.04. The van der Waals surface area contributed by atoms with E-state index in [1.165, 1.54) is 14.2 Å². The van der Waals surface area contributed by atoms with E-state index < -0.39 is 24.4 Å². The highest BCUT2D eigenvalue weighted by Crippen LogP contribution is 2.28. The summed E-state index contributed by atoms with van der Waals surface area (Å²) in [6.07, 6.45) is 0.140. The largest absolute Gasteiger partial charge is 0.493 e. The number of amides is 4. The molecule has 1 N–H and O–H groups in total. The minimum absolute atomic E-state index is 0.0744. The second-order valence-electron chi connectivity index (χ2n) is 6.51. The molecule has 1 heterocycles. The molecule has 3 rings (SSSR count). The van der Waals surface area contributed by atoms with E-state index >= 15 is 0 Å². The van der Waals surface area contributed by atoms with Crippen LogP contribution in [0.5, 0.6) is 11.5 Å². The number of aliphatic imine (C=N–C) groups is 1. The van der Waals surface area contributed by atoms with Crippen molar-refractivity contribution in [2.24, 2.45) is 4.99 Å². The lowest BCUT2D eigenvalue weighted by atomic mass is 10.1. The predicted octanol–water partition coefficient (Wildman–Crippen LogP) is 2.60. The van der Waals surface area contributed by atoms with Gasteiger partial charge in [-0.05, 0) is 36.8 Å². The molecule has 0 spiro atoms. The quantitative estimate of drug-likeness (QED) is 0.777. The SMILES string of the molecule is COc1ccc(CC2=NC(=O)N(CC(=O)Nc3ccc(C)cc3)C2=O)cc1OC. The molecule has 0 fully saturated rings. The number of methoxy groups -OCH3 is 2. The number of carbonyl (C=O) groups is 3. The highest BCUT2D eigenvalue weighted by molar-refractivity contribution is 6.46. The third kappa shape index (κ3) is 4.60. The second kappa shape index (κ2) is 8.55. The zero-order valence-electron chi connectivity index (χ0n) is 16.4. The minimum Gasteiger partial charge on any atom is -0.493 e. The number of hydrogen-bond acceptors (Lipinski definition) is 5. The smallest absolute Gasteiger partial charge is 0.351 e. The van der Waals surface area contributed by atoms with Crippen LogP contribution in [0.15, 0.2) is 47.5 Å². The lowest BCUT2D eigenvalue weighted by molar-refractivity contribution is -0.125. The highest BCUT2D eigenvalue weighted by atomic mass is 16.5. The van der Waals surface area contributed by atoms with Gasteiger partial charge >= 0.3 is 6.03 Å². The molecule has 2 aromatic rings. The number of ether oxygens (including phenoxy) is 2. The molecule has 0 aromatic heterocycles. The molecular weight excluding hydrogens is 374 g/mol. The number of benzene rings is 2. The van der Waals surface area contributed by atoms with Crippen molar-refractivity contribution in [2.75, 3.05) is 26.1 Å². The highest BCUT2D eigenvalue weighted by Gasteiger charge is 2.34. The van der Waals surface area contributed by atoms with Crippen molar-refractivity contribution in [3.63, 3.8) is 0 Å². The van der Waals surface area contributed by atoms with E-state index in [2.05, 4.69) is 10.3 Å². The van der Waals surface area contributed by atoms with Gasteiger partial charge in [0, 0.05) is 12.1 Å². The molecule has 0 saturated carbocycles. The van der Waals surface area contributed by atoms with Crippen molar-refractivity contribution in [1.82, 2.24) is 4.90 Å². The Kier molecular flexibility index (Phi) is 5.92. The number of nitrogens with zero attached hydrogens (tertiary/aromatic N) is 2. The van der Waals surface area contributed by atoms with Crippen LogP contribution in [0.4, 0.5) is 10.5 Å². The molecule has 8 nitrogen and oxygen atoms in total. The van der Waals surface area contributed by atoms with Gasteiger partial charge < -0.3 is 14.8 Å². The van der Waals surface area contributed by atoms with Gasteiger partial charge in [0.25, 0.3) is 5.91 Å². The number of hydrogen-bond donors (Lipinski definition) is 1. The maximum Gasteiger partial charge on any atom is 0.351 e. The van der Waals surface area contributed by atoms with Crippen LogP contribution in [0.25, 0.3) is 0 Å². The molecular formula is C21H21N3O5. The molecule has 0 radical (unpaired) electrons. The minimum atomic E-state index is -0.746. The fraction of sp³-hybridized carbons (Fsp3) is 0.238. The van der Waals surface area contributed by atoms with E-state index in [9.17, 15) is 14.4 Å². The summed E-state index contributed by atoms with van der Waals surface area (Å²) < 4.78 is 10.4. The van der Waals surface area contributed by atoms with Crippen LogP contribution in [0.1, 0.15) is 11.1 Å². The summed E-state index contributed by atoms with van der Waals surface area (Å²) in [4.78, 5) is 41.6. The maximum absolute atomic E-state index is 12.6. The van der Waals surface area contributed by atoms with Gasteiger partial charge in [0.2, 0.25) is 5.91 Å². The molecule has 0 atom stereocenters. The lowest BCUT2D eigenvalue weighted by Gasteiger charge is -2.13. The Labute approximate surface area is 168 Å². The summed E-state index contributed by atoms with van der Waals surface area (Å²) in [5, 5.41) is 2.66. The Bertz CT molecular complexity index is 982. The molecule has 0 bridgehead atoms. The van der Waals surface area contributed by atoms with Crippen molar-refractivity contribution < 1.29 is 23.9 Å². The zero-order chi connectivity index (χ0) is 21.0. The van der Waals surface area contributed by atoms with Crippen LogP contribution >= 0.6 is 0 Å². The summed E-state index contributed by atoms with van der Waals surface area (Å²) in [5.41, 5.74) is 2.45. The maximum atomic E-state index is 12.6. The number of carbonyl (C=O) groups excluding carboxylic acids is 3. The first kappa shape index (κ1) is 20.1. The number of rotatable bonds is 7. The Morgan fingerprint density at radius 2 is 1.72 bits per heavy atom. The number of nitrogens with one attached hydrogen (secondary N) is 1. The molecule has 1 aliphatic rings. The Balaban J connectivity index is 1.65. The molecule has 4 amide bonds. The summed E-state index contributed by atoms with van der Waals surface area (Å²) in [6, 6.07) is 11.6. The molecule has 29 heavy (non-hydrogen) atoms. The van der Waals surface area contributed by atoms with E-state index in [1.54, 1.807) is 30.3 Å². The van der Waals surface area contributed by atoms with E-state index in [1.807, 2.05) is 19.1 Å². The average Bonchev–Trinajstić information content (AvgIpc) is 2.97. The molecule has 0 saturated heterocycles. The molecule has 150 valence electrons. The van der Waals surface area contributed by atoms with Gasteiger partial charge in [-0.1, -0.05) is 23.8 Å². The van der Waals surface area contributed by atoms with Crippen LogP contribution in [-0.4, -0.2) is 49.2 Å². The van der Waals surface area contributed by atoms with Gasteiger partial charge in [0.15, 0.2) is 11.5 Å². The van der Waals surface area contributed by atoms with Crippen LogP contribution in [0.2, 0.25) is 0 Å². The van der Waals surface area contributed by atoms with Crippen molar-refractivity contribution in [3.05, 3.63) is 53.6 Å². The number of urea groups is 1. The normalized spacial score (nSPS) is 13.3. The van der Waals surface area contributed by atoms with Crippen molar-refractivity contribution in [3.8, 4) is 11.5 Å². The first-order valence-electron chi connectivity index (χ1n) is 8.92. The van der Waals surface area contributed by atoms with Crippen molar-refractivity contribution in [1.29, 1.82) is 0 Å². The Morgan fingerprint density at radius 1 is 1.03 bits per heavy atom. The first-order valence-corrected chi connectivity index (χ1v) is 8.92. The standard InChI is InChI=1S/C21H21N3O5/c1-13-4-7-15(8-5-13)22-19(25)12-24-20(26)16(23-21(24)27)10-14-6-9-17(28-2)18(11-14)29-3/h4-9,11H,10,12H2,1-3H3,(H,22,25). The van der Waals surface area contributed by atoms with E-state index in [0.717, 1.165) is 16.0 Å². The summed E-state index contributed by atoms with van der Waals surface area (Å²) >= 11 is 0. The van der Waals surface area contributed by atoms with Gasteiger partial charge in [0.1, 0.15) is 12.3 Å². The zero-order valence-corrected chi connectivity index (χ0v) is 16.4. The Morgan fingerprint density at radius 3 is 2.38 bits per heavy atom. The predicted molar refractivity (Wildman–Crippen MR) is 108 cm³/mol. The summed E-state index contributed by atoms with van der Waals surface area (Å²) in [5.74, 6) is 0.0140. The van der Waals surface area contributed by atoms with Crippen LogP contribution in [0.3, 0.4) is 0 Å². The van der Waals surface area contributed by atoms with E-state index in [0.29, 0.717) is 17.2 Å². The third-order valence-corrected chi connectivity index (χ3v) is 4.41. The monoisotopic (exact) mass is 395 g/mol. The van der Waals surface area contributed by atoms with Crippen LogP contribution in [0, 0.1) is 6.92 Å². The van der Waals surface area contributed by atoms with Gasteiger partial charge in [-0.3, -0.25) is 9.59 Å². The summed E-state index contributed by atoms with van der Waals surface area (Å²) in [6.45, 7) is 1.54. The number of anilines is 1. The average molecular weight is 395 g/mol. The topological polar surface area (TPSA) is 97.3 Å². The van der Waals surface area contributed by atoms with Crippen molar-refractivity contribution in [2.45, 2.75) is 13.3 Å². The fourth-order valence-electron chi connectivity index (χ4n) is 2.89. The van der Waals surface area contributed by atoms with Gasteiger partial charge in [-0.2, -0.15) is 4.99 Å². The molecule has 2 aromatic carbocycles. The molecule has 8 heteroatoms. The fourth-order valence-corrected chi connectivity index (χ4v) is 2.89. The molecule has 0 aliphatic carbocycles. The van der Waals surface area contributed by atoms with Gasteiger partial charge in [0.05, 0.1) is 14.2 Å². The van der Waals surface area contributed by atoms with E-state index in [-0.39, 0.29) is 12.1 Å². The van der Waals surface area contributed by atoms with Crippen LogP contribution < -0.4 is 14.8 Å². The third-order valence-electron chi connectivity index (χ3n) is 4.41. The Hall–Kier alpha value is -3.68. The van der Waals surface area contributed by atoms with Crippen molar-refractivity contribution >= 4 is 29.2 Å². The number of aryl methyl sites for hydroxylation is 1. The van der Waals surface area contributed by atoms with Gasteiger partial charge in [-0.15, -0.1) is 0 Å². The number of imide groups is 1. The first-order chi connectivity index (χ1) is 13.9. The lowest BCUT2D eigenvalue weighted by Crippen LogP contribution is -2.39. The van der Waals surface area contributed by atoms with Crippen LogP contribution in [-0.2, 0) is 16.0 Å².